The van der Waals surface area contributed by atoms with Gasteiger partial charge in [0.2, 0.25) is 12.2 Å². The monoisotopic (exact) mass is 901 g/mol. The van der Waals surface area contributed by atoms with Gasteiger partial charge in [-0.15, -0.1) is 0 Å². The van der Waals surface area contributed by atoms with Crippen LogP contribution in [0.5, 0.6) is 11.5 Å². The van der Waals surface area contributed by atoms with Gasteiger partial charge in [-0.3, -0.25) is 30.8 Å². The van der Waals surface area contributed by atoms with E-state index >= 15 is 0 Å². The van der Waals surface area contributed by atoms with Gasteiger partial charge in [-0.1, -0.05) is 37.1 Å². The predicted molar refractivity (Wildman–Crippen MR) is 228 cm³/mol. The maximum absolute atomic E-state index is 14.9. The Labute approximate surface area is 373 Å². The zero-order valence-electron chi connectivity index (χ0n) is 35.5. The lowest BCUT2D eigenvalue weighted by Crippen LogP contribution is -2.70. The van der Waals surface area contributed by atoms with E-state index in [-0.39, 0.29) is 77.9 Å². The first-order valence-electron chi connectivity index (χ1n) is 22.2. The lowest BCUT2D eigenvalue weighted by molar-refractivity contribution is -0.310. The van der Waals surface area contributed by atoms with E-state index in [1.165, 1.54) is 24.3 Å². The van der Waals surface area contributed by atoms with Crippen LogP contribution in [0.25, 0.3) is 0 Å². The van der Waals surface area contributed by atoms with Gasteiger partial charge in [0, 0.05) is 46.9 Å². The zero-order chi connectivity index (χ0) is 45.7. The highest BCUT2D eigenvalue weighted by Crippen LogP contribution is 2.53. The molecule has 0 aromatic heterocycles. The number of nitrogens with two attached hydrogens (primary N) is 1. The molecule has 1 amide bonds. The van der Waals surface area contributed by atoms with Gasteiger partial charge in [0.1, 0.15) is 55.8 Å². The minimum atomic E-state index is -1.88. The van der Waals surface area contributed by atoms with Gasteiger partial charge in [-0.2, -0.15) is 0 Å². The molecule has 6 aliphatic rings. The van der Waals surface area contributed by atoms with E-state index in [0.29, 0.717) is 55.2 Å². The molecule has 2 bridgehead atoms. The summed E-state index contributed by atoms with van der Waals surface area (Å²) >= 11 is 0. The van der Waals surface area contributed by atoms with Gasteiger partial charge in [-0.25, -0.2) is 0 Å². The van der Waals surface area contributed by atoms with E-state index in [2.05, 4.69) is 16.0 Å². The fourth-order valence-corrected chi connectivity index (χ4v) is 10.6. The highest BCUT2D eigenvalue weighted by molar-refractivity contribution is 6.29. The average molecular weight is 902 g/mol. The first-order valence-corrected chi connectivity index (χ1v) is 22.2. The normalized spacial score (nSPS) is 30.9. The maximum Gasteiger partial charge on any atom is 0.242 e. The number of para-hydroxylation sites is 1. The van der Waals surface area contributed by atoms with Crippen molar-refractivity contribution in [3.05, 3.63) is 87.5 Å². The summed E-state index contributed by atoms with van der Waals surface area (Å²) in [7, 11) is 0. The van der Waals surface area contributed by atoms with Crippen molar-refractivity contribution in [2.24, 2.45) is 11.7 Å². The number of fused-ring (bicyclic) bond motifs is 7. The first-order chi connectivity index (χ1) is 31.4. The number of hydrogen-bond donors (Lipinski definition) is 10. The molecule has 0 radical (unpaired) electrons. The van der Waals surface area contributed by atoms with E-state index in [1.54, 1.807) is 0 Å². The smallest absolute Gasteiger partial charge is 0.242 e. The Balaban J connectivity index is 1.33. The Bertz CT molecular complexity index is 2320. The van der Waals surface area contributed by atoms with Crippen LogP contribution in [0.4, 0.5) is 5.69 Å². The molecule has 9 rings (SSSR count). The van der Waals surface area contributed by atoms with Crippen LogP contribution in [0.2, 0.25) is 0 Å². The Morgan fingerprint density at radius 1 is 0.954 bits per heavy atom. The molecule has 11 N–H and O–H groups in total. The molecule has 0 unspecified atom stereocenters. The number of rotatable bonds is 11. The topological polar surface area (TPSA) is 292 Å². The summed E-state index contributed by atoms with van der Waals surface area (Å²) in [6.45, 7) is -1.01. The molecule has 4 heterocycles. The molecule has 11 atom stereocenters. The van der Waals surface area contributed by atoms with Crippen LogP contribution in [0.15, 0.2) is 48.5 Å². The molecule has 348 valence electrons. The third-order valence-corrected chi connectivity index (χ3v) is 13.8. The third kappa shape index (κ3) is 8.01. The van der Waals surface area contributed by atoms with Gasteiger partial charge in [0.15, 0.2) is 23.1 Å². The molecule has 3 aromatic rings. The number of ether oxygens (including phenoxy) is 4. The molecule has 65 heavy (non-hydrogen) atoms. The Kier molecular flexibility index (Phi) is 12.8. The molecule has 4 fully saturated rings. The average Bonchev–Trinajstić information content (AvgIpc) is 3.96. The molecule has 1 spiro atoms. The van der Waals surface area contributed by atoms with Gasteiger partial charge < -0.3 is 64.6 Å². The van der Waals surface area contributed by atoms with Gasteiger partial charge in [0.05, 0.1) is 37.2 Å². The van der Waals surface area contributed by atoms with Gasteiger partial charge >= 0.3 is 0 Å². The number of ketones is 2. The first kappa shape index (κ1) is 45.3. The van der Waals surface area contributed by atoms with E-state index in [4.69, 9.17) is 24.7 Å². The quantitative estimate of drug-likeness (QED) is 0.0838. The van der Waals surface area contributed by atoms with Crippen molar-refractivity contribution >= 4 is 29.4 Å². The highest BCUT2D eigenvalue weighted by atomic mass is 16.7. The molecule has 3 aromatic carbocycles. The van der Waals surface area contributed by atoms with Crippen LogP contribution in [0, 0.1) is 5.92 Å². The number of aldehydes is 1. The maximum atomic E-state index is 14.9. The standard InChI is InChI=1S/C46H55N5O14/c47-45-49-42-33(43(61)50-45)48-21-51(42)30-8-2-1-7-26(30)31-23(6-5-14-52)19-63-46(12-3-4-13-46)41-37(59)36(58)38(60)44(65-41)64-39-29(31)17-28-32(40(39)62-20-24(55)11-15-53)35(57)27-16-22(18-54)9-10-25(27)34(28)56/h1-2,7-10,15-17,23-24,31,33,36-38,41-42,44-45,48-49,52,54-55,58-60H,3-6,11-14,18-21,47H2,(H,50,61)/t23-,24-,31-,33+,36-,37-,38+,41-,42-,44+,45+/m1/s1. The summed E-state index contributed by atoms with van der Waals surface area (Å²) < 4.78 is 26.7. The third-order valence-electron chi connectivity index (χ3n) is 13.8. The number of amides is 1. The van der Waals surface area contributed by atoms with Crippen molar-refractivity contribution in [2.75, 3.05) is 31.4 Å². The van der Waals surface area contributed by atoms with E-state index in [0.717, 1.165) is 0 Å². The summed E-state index contributed by atoms with van der Waals surface area (Å²) in [5.41, 5.74) is 6.60. The lowest BCUT2D eigenvalue weighted by atomic mass is 9.74. The van der Waals surface area contributed by atoms with Crippen LogP contribution in [0.1, 0.15) is 99.4 Å². The fourth-order valence-electron chi connectivity index (χ4n) is 10.6. The molecular weight excluding hydrogens is 847 g/mol. The van der Waals surface area contributed by atoms with E-state index < -0.39 is 97.5 Å². The van der Waals surface area contributed by atoms with Crippen molar-refractivity contribution in [3.8, 4) is 11.5 Å². The molecule has 2 aliphatic carbocycles. The lowest BCUT2D eigenvalue weighted by Gasteiger charge is -2.47. The summed E-state index contributed by atoms with van der Waals surface area (Å²) in [5.74, 6) is -3.56. The number of hydrogen-bond acceptors (Lipinski definition) is 18. The number of carbonyl (C=O) groups excluding carboxylic acids is 4. The van der Waals surface area contributed by atoms with Crippen LogP contribution in [-0.4, -0.2) is 142 Å². The summed E-state index contributed by atoms with van der Waals surface area (Å²) in [4.78, 5) is 56.5. The summed E-state index contributed by atoms with van der Waals surface area (Å²) in [6.07, 6.45) is -8.10. The van der Waals surface area contributed by atoms with Crippen LogP contribution in [-0.2, 0) is 25.7 Å². The minimum Gasteiger partial charge on any atom is -0.486 e. The van der Waals surface area contributed by atoms with Crippen LogP contribution < -0.4 is 36.1 Å². The zero-order valence-corrected chi connectivity index (χ0v) is 35.5. The Hall–Kier alpha value is -4.90. The number of aliphatic hydroxyl groups is 6. The summed E-state index contributed by atoms with van der Waals surface area (Å²) in [5, 5.41) is 75.4. The van der Waals surface area contributed by atoms with Crippen molar-refractivity contribution in [2.45, 2.75) is 118 Å². The predicted octanol–water partition coefficient (Wildman–Crippen LogP) is -0.643. The van der Waals surface area contributed by atoms with Crippen LogP contribution in [0.3, 0.4) is 0 Å². The number of aliphatic hydroxyl groups excluding tert-OH is 6. The molecular formula is C46H55N5O14. The fraction of sp³-hybridized carbons (Fsp3) is 0.522. The summed E-state index contributed by atoms with van der Waals surface area (Å²) in [6, 6.07) is 12.6. The SMILES string of the molecule is N[C@@H]1NC(=O)[C@H]2NCN(c3ccccc3[C@@H]3c4cc5c(c(OC[C@H](O)CC=O)c4O[C@H]4O[C@H]([C@H](O)[C@@H](O)[C@@H]4O)C4(CCCC4)OC[C@H]3CCCO)C(=O)c3cc(CO)ccc3C5=O)[C@H]2N1. The van der Waals surface area contributed by atoms with Crippen molar-refractivity contribution in [3.63, 3.8) is 0 Å². The molecule has 3 saturated heterocycles. The number of nitrogens with one attached hydrogen (secondary N) is 3. The van der Waals surface area contributed by atoms with E-state index in [9.17, 15) is 49.8 Å². The molecule has 19 heteroatoms. The molecule has 19 nitrogen and oxygen atoms in total. The largest absolute Gasteiger partial charge is 0.486 e. The second-order valence-electron chi connectivity index (χ2n) is 17.8. The number of nitrogens with zero attached hydrogens (tertiary/aromatic N) is 1. The number of benzene rings is 3. The molecule has 1 saturated carbocycles. The minimum absolute atomic E-state index is 0.0187. The van der Waals surface area contributed by atoms with Crippen molar-refractivity contribution in [1.82, 2.24) is 16.0 Å². The van der Waals surface area contributed by atoms with Gasteiger partial charge in [-0.05, 0) is 67.0 Å². The molecule has 4 aliphatic heterocycles. The number of anilines is 1. The second-order valence-corrected chi connectivity index (χ2v) is 17.8. The van der Waals surface area contributed by atoms with Crippen molar-refractivity contribution < 1.29 is 68.8 Å². The number of carbonyl (C=O) groups is 4. The van der Waals surface area contributed by atoms with Crippen molar-refractivity contribution in [1.29, 1.82) is 0 Å². The van der Waals surface area contributed by atoms with Crippen LogP contribution >= 0.6 is 0 Å². The van der Waals surface area contributed by atoms with Gasteiger partial charge in [0.25, 0.3) is 0 Å². The second kappa shape index (κ2) is 18.4. The Morgan fingerprint density at radius 2 is 1.74 bits per heavy atom. The Morgan fingerprint density at radius 3 is 2.49 bits per heavy atom. The van der Waals surface area contributed by atoms with E-state index in [1.807, 2.05) is 29.2 Å². The highest BCUT2D eigenvalue weighted by Gasteiger charge is 2.57.